The second-order valence-electron chi connectivity index (χ2n) is 8.82. The minimum atomic E-state index is -1.24. The maximum absolute atomic E-state index is 11.7. The summed E-state index contributed by atoms with van der Waals surface area (Å²) < 4.78 is 9.58. The summed E-state index contributed by atoms with van der Waals surface area (Å²) in [5.74, 6) is -3.34. The first-order valence-corrected chi connectivity index (χ1v) is 12.6. The van der Waals surface area contributed by atoms with E-state index in [9.17, 15) is 19.2 Å². The molecule has 1 aromatic rings. The number of carbonyl (C=O) groups excluding carboxylic acids is 3. The van der Waals surface area contributed by atoms with Crippen molar-refractivity contribution in [2.75, 3.05) is 13.1 Å². The highest BCUT2D eigenvalue weighted by Gasteiger charge is 2.26. The molecule has 0 bridgehead atoms. The van der Waals surface area contributed by atoms with Crippen molar-refractivity contribution < 1.29 is 33.8 Å². The van der Waals surface area contributed by atoms with Crippen LogP contribution in [0.25, 0.3) is 0 Å². The molecule has 1 aromatic carbocycles. The summed E-state index contributed by atoms with van der Waals surface area (Å²) in [5.41, 5.74) is 33.8. The van der Waals surface area contributed by atoms with Gasteiger partial charge in [0.15, 0.2) is 0 Å². The molecule has 0 saturated heterocycles. The summed E-state index contributed by atoms with van der Waals surface area (Å²) >= 11 is 0. The minimum absolute atomic E-state index is 0.315. The normalized spacial score (nSPS) is 14.6. The van der Waals surface area contributed by atoms with E-state index in [1.54, 1.807) is 0 Å². The molecular formula is C25H44N6O7. The van der Waals surface area contributed by atoms with Crippen LogP contribution in [0.5, 0.6) is 0 Å². The molecule has 13 nitrogen and oxygen atoms in total. The van der Waals surface area contributed by atoms with Gasteiger partial charge >= 0.3 is 23.9 Å². The topological polar surface area (TPSA) is 263 Å². The van der Waals surface area contributed by atoms with E-state index in [1.165, 1.54) is 6.92 Å². The van der Waals surface area contributed by atoms with Crippen LogP contribution in [0.3, 0.4) is 0 Å². The smallest absolute Gasteiger partial charge is 0.330 e. The van der Waals surface area contributed by atoms with E-state index in [0.717, 1.165) is 31.2 Å². The number of carboxylic acids is 1. The van der Waals surface area contributed by atoms with E-state index in [4.69, 9.17) is 49.0 Å². The third kappa shape index (κ3) is 15.3. The van der Waals surface area contributed by atoms with E-state index < -0.39 is 54.1 Å². The molecule has 216 valence electrons. The number of nitrogens with two attached hydrogens (primary N) is 6. The van der Waals surface area contributed by atoms with Gasteiger partial charge in [-0.05, 0) is 57.7 Å². The lowest BCUT2D eigenvalue weighted by Crippen LogP contribution is -2.45. The Balaban J connectivity index is 0.000000739. The number of unbranched alkanes of at least 4 members (excludes halogenated alkanes) is 2. The molecular weight excluding hydrogens is 496 g/mol. The Labute approximate surface area is 223 Å². The van der Waals surface area contributed by atoms with Gasteiger partial charge in [0.05, 0.1) is 0 Å². The van der Waals surface area contributed by atoms with E-state index >= 15 is 0 Å². The molecule has 5 atom stereocenters. The molecule has 0 unspecified atom stereocenters. The van der Waals surface area contributed by atoms with Gasteiger partial charge in [0.1, 0.15) is 30.3 Å². The van der Waals surface area contributed by atoms with E-state index in [0.29, 0.717) is 32.4 Å². The first-order chi connectivity index (χ1) is 17.9. The quantitative estimate of drug-likeness (QED) is 0.0744. The van der Waals surface area contributed by atoms with Gasteiger partial charge in [-0.15, -0.1) is 0 Å². The highest BCUT2D eigenvalue weighted by atomic mass is 16.6. The fourth-order valence-corrected chi connectivity index (χ4v) is 3.00. The highest BCUT2D eigenvalue weighted by molar-refractivity contribution is 5.90. The number of carboxylic acid groups (broad SMARTS) is 1. The molecule has 0 aliphatic carbocycles. The van der Waals surface area contributed by atoms with Crippen LogP contribution in [-0.4, -0.2) is 72.3 Å². The zero-order valence-electron chi connectivity index (χ0n) is 22.0. The largest absolute Gasteiger partial charge is 0.480 e. The molecule has 0 aliphatic rings. The van der Waals surface area contributed by atoms with Gasteiger partial charge in [-0.3, -0.25) is 9.59 Å². The zero-order chi connectivity index (χ0) is 29.1. The van der Waals surface area contributed by atoms with Crippen molar-refractivity contribution in [2.45, 2.75) is 82.1 Å². The Bertz CT molecular complexity index is 843. The number of carbonyl (C=O) groups is 4. The monoisotopic (exact) mass is 540 g/mol. The molecule has 13 heteroatoms. The Kier molecular flexibility index (Phi) is 18.5. The number of hydrogen-bond donors (Lipinski definition) is 7. The second kappa shape index (κ2) is 20.1. The Morgan fingerprint density at radius 2 is 1.24 bits per heavy atom. The fourth-order valence-electron chi connectivity index (χ4n) is 3.00. The number of benzene rings is 1. The van der Waals surface area contributed by atoms with Crippen LogP contribution in [0.15, 0.2) is 30.3 Å². The summed E-state index contributed by atoms with van der Waals surface area (Å²) in [6, 6.07) is 5.59. The summed E-state index contributed by atoms with van der Waals surface area (Å²) in [4.78, 5) is 45.4. The molecule has 0 amide bonds. The first kappa shape index (κ1) is 35.1. The predicted octanol–water partition coefficient (Wildman–Crippen LogP) is -1.13. The van der Waals surface area contributed by atoms with Crippen LogP contribution < -0.4 is 34.4 Å². The number of hydrogen-bond acceptors (Lipinski definition) is 12. The average Bonchev–Trinajstić information content (AvgIpc) is 2.88. The van der Waals surface area contributed by atoms with Crippen molar-refractivity contribution >= 4 is 23.9 Å². The van der Waals surface area contributed by atoms with Gasteiger partial charge in [-0.2, -0.15) is 0 Å². The molecule has 0 aromatic heterocycles. The average molecular weight is 541 g/mol. The lowest BCUT2D eigenvalue weighted by atomic mass is 10.1. The van der Waals surface area contributed by atoms with Crippen molar-refractivity contribution in [2.24, 2.45) is 34.4 Å². The van der Waals surface area contributed by atoms with Gasteiger partial charge in [-0.1, -0.05) is 43.2 Å². The molecule has 0 aliphatic heterocycles. The molecule has 0 spiro atoms. The molecule has 1 rings (SSSR count). The standard InChI is InChI=1S/C15H23N3O3.C10H21N3O4/c16-9-5-4-8-12(17)14(19)21-15(20)13(18)10-11-6-2-1-3-7-11;1-6(8(13)9(14)15)17-10(16)7(12)4-2-3-5-11/h1-3,6-7,12-13H,4-5,8-10,16-18H2;6-8H,2-5,11-13H2,1H3,(H,14,15)/t12-,13-;6-,7+,8+/m01/s1. The maximum Gasteiger partial charge on any atom is 0.330 e. The molecule has 38 heavy (non-hydrogen) atoms. The molecule has 13 N–H and O–H groups in total. The molecule has 0 fully saturated rings. The summed E-state index contributed by atoms with van der Waals surface area (Å²) in [5, 5.41) is 8.62. The second-order valence-corrected chi connectivity index (χ2v) is 8.82. The fraction of sp³-hybridized carbons (Fsp3) is 0.600. The van der Waals surface area contributed by atoms with Crippen molar-refractivity contribution in [3.8, 4) is 0 Å². The van der Waals surface area contributed by atoms with Gasteiger partial charge in [0.2, 0.25) is 0 Å². The van der Waals surface area contributed by atoms with Gasteiger partial charge in [0.25, 0.3) is 0 Å². The lowest BCUT2D eigenvalue weighted by Gasteiger charge is -2.19. The van der Waals surface area contributed by atoms with Crippen LogP contribution in [0.1, 0.15) is 51.0 Å². The molecule has 0 heterocycles. The predicted molar refractivity (Wildman–Crippen MR) is 142 cm³/mol. The van der Waals surface area contributed by atoms with Gasteiger partial charge in [-0.25, -0.2) is 9.59 Å². The SMILES string of the molecule is C[C@@H](OC(=O)[C@@H](N)CCCCN)[C@H](N)C(=O)O.NCCCC[C@H](N)C(=O)OC(=O)[C@@H](N)Cc1ccccc1. The van der Waals surface area contributed by atoms with Crippen molar-refractivity contribution in [1.29, 1.82) is 0 Å². The van der Waals surface area contributed by atoms with Crippen LogP contribution >= 0.6 is 0 Å². The highest BCUT2D eigenvalue weighted by Crippen LogP contribution is 2.06. The van der Waals surface area contributed by atoms with E-state index in [2.05, 4.69) is 0 Å². The van der Waals surface area contributed by atoms with Crippen molar-refractivity contribution in [3.63, 3.8) is 0 Å². The Morgan fingerprint density at radius 1 is 0.763 bits per heavy atom. The summed E-state index contributed by atoms with van der Waals surface area (Å²) in [6.45, 7) is 2.51. The third-order valence-electron chi connectivity index (χ3n) is 5.44. The third-order valence-corrected chi connectivity index (χ3v) is 5.44. The van der Waals surface area contributed by atoms with Gasteiger partial charge in [0, 0.05) is 0 Å². The van der Waals surface area contributed by atoms with Crippen molar-refractivity contribution in [1.82, 2.24) is 0 Å². The molecule has 0 saturated carbocycles. The van der Waals surface area contributed by atoms with Crippen molar-refractivity contribution in [3.05, 3.63) is 35.9 Å². The lowest BCUT2D eigenvalue weighted by molar-refractivity contribution is -0.162. The minimum Gasteiger partial charge on any atom is -0.480 e. The number of rotatable bonds is 16. The molecule has 0 radical (unpaired) electrons. The first-order valence-electron chi connectivity index (χ1n) is 12.6. The maximum atomic E-state index is 11.7. The van der Waals surface area contributed by atoms with E-state index in [1.807, 2.05) is 30.3 Å². The summed E-state index contributed by atoms with van der Waals surface area (Å²) in [7, 11) is 0. The summed E-state index contributed by atoms with van der Waals surface area (Å²) in [6.07, 6.45) is 3.33. The van der Waals surface area contributed by atoms with Gasteiger partial charge < -0.3 is 49.0 Å². The number of aliphatic carboxylic acids is 1. The van der Waals surface area contributed by atoms with E-state index in [-0.39, 0.29) is 0 Å². The number of ether oxygens (including phenoxy) is 2. The van der Waals surface area contributed by atoms with Crippen LogP contribution in [-0.2, 0) is 35.1 Å². The number of esters is 3. The van der Waals surface area contributed by atoms with Crippen LogP contribution in [0.4, 0.5) is 0 Å². The Morgan fingerprint density at radius 3 is 1.71 bits per heavy atom. The van der Waals surface area contributed by atoms with Crippen LogP contribution in [0.2, 0.25) is 0 Å². The van der Waals surface area contributed by atoms with Crippen LogP contribution in [0, 0.1) is 0 Å². The zero-order valence-corrected chi connectivity index (χ0v) is 22.0. The Hall–Kier alpha value is -2.94.